The molecule has 0 spiro atoms. The minimum Gasteiger partial charge on any atom is -0.315 e. The van der Waals surface area contributed by atoms with Crippen molar-refractivity contribution in [3.8, 4) is 0 Å². The average Bonchev–Trinajstić information content (AvgIpc) is 2.59. The SMILES string of the molecule is CCCNCCN(C)Cc1sccc1Cl. The molecule has 0 bridgehead atoms. The van der Waals surface area contributed by atoms with Crippen molar-refractivity contribution in [2.24, 2.45) is 0 Å². The number of hydrogen-bond donors (Lipinski definition) is 1. The standard InChI is InChI=1S/C11H19ClN2S/c1-3-5-13-6-7-14(2)9-11-10(12)4-8-15-11/h4,8,13H,3,5-7,9H2,1-2H3. The van der Waals surface area contributed by atoms with E-state index in [1.807, 2.05) is 11.4 Å². The summed E-state index contributed by atoms with van der Waals surface area (Å²) in [5.74, 6) is 0. The second kappa shape index (κ2) is 7.23. The van der Waals surface area contributed by atoms with Gasteiger partial charge in [0.05, 0.1) is 5.02 Å². The molecule has 86 valence electrons. The van der Waals surface area contributed by atoms with Crippen molar-refractivity contribution >= 4 is 22.9 Å². The maximum absolute atomic E-state index is 6.04. The summed E-state index contributed by atoms with van der Waals surface area (Å²) in [6.07, 6.45) is 1.19. The van der Waals surface area contributed by atoms with Crippen molar-refractivity contribution in [2.75, 3.05) is 26.7 Å². The zero-order valence-electron chi connectivity index (χ0n) is 9.42. The number of nitrogens with zero attached hydrogens (tertiary/aromatic N) is 1. The molecule has 4 heteroatoms. The molecular weight excluding hydrogens is 228 g/mol. The van der Waals surface area contributed by atoms with E-state index in [0.29, 0.717) is 0 Å². The van der Waals surface area contributed by atoms with Gasteiger partial charge in [-0.1, -0.05) is 18.5 Å². The Morgan fingerprint density at radius 3 is 2.87 bits per heavy atom. The van der Waals surface area contributed by atoms with E-state index in [9.17, 15) is 0 Å². The number of hydrogen-bond acceptors (Lipinski definition) is 3. The van der Waals surface area contributed by atoms with Crippen LogP contribution in [0.3, 0.4) is 0 Å². The number of rotatable bonds is 7. The fraction of sp³-hybridized carbons (Fsp3) is 0.636. The first-order valence-electron chi connectivity index (χ1n) is 5.35. The van der Waals surface area contributed by atoms with E-state index < -0.39 is 0 Å². The van der Waals surface area contributed by atoms with Gasteiger partial charge in [0.15, 0.2) is 0 Å². The van der Waals surface area contributed by atoms with Crippen molar-refractivity contribution in [1.82, 2.24) is 10.2 Å². The molecule has 0 amide bonds. The Bertz CT molecular complexity index is 275. The molecular formula is C11H19ClN2S. The highest BCUT2D eigenvalue weighted by Gasteiger charge is 2.04. The first-order valence-corrected chi connectivity index (χ1v) is 6.61. The molecule has 1 aromatic heterocycles. The Labute approximate surface area is 101 Å². The van der Waals surface area contributed by atoms with Crippen molar-refractivity contribution in [3.05, 3.63) is 21.3 Å². The van der Waals surface area contributed by atoms with Crippen LogP contribution in [0.4, 0.5) is 0 Å². The van der Waals surface area contributed by atoms with Crippen LogP contribution in [0, 0.1) is 0 Å². The molecule has 0 unspecified atom stereocenters. The number of likely N-dealkylation sites (N-methyl/N-ethyl adjacent to an activating group) is 1. The van der Waals surface area contributed by atoms with Gasteiger partial charge in [-0.15, -0.1) is 11.3 Å². The predicted octanol–water partition coefficient (Wildman–Crippen LogP) is 2.83. The quantitative estimate of drug-likeness (QED) is 0.745. The maximum Gasteiger partial charge on any atom is 0.0558 e. The minimum absolute atomic E-state index is 0.897. The molecule has 0 saturated carbocycles. The smallest absolute Gasteiger partial charge is 0.0558 e. The first kappa shape index (κ1) is 13.0. The molecule has 1 N–H and O–H groups in total. The fourth-order valence-electron chi connectivity index (χ4n) is 1.33. The van der Waals surface area contributed by atoms with E-state index >= 15 is 0 Å². The van der Waals surface area contributed by atoms with Gasteiger partial charge in [-0.2, -0.15) is 0 Å². The highest BCUT2D eigenvalue weighted by Crippen LogP contribution is 2.22. The van der Waals surface area contributed by atoms with Gasteiger partial charge in [-0.05, 0) is 31.5 Å². The Kier molecular flexibility index (Phi) is 6.25. The highest BCUT2D eigenvalue weighted by molar-refractivity contribution is 7.10. The molecule has 0 aliphatic carbocycles. The molecule has 0 fully saturated rings. The van der Waals surface area contributed by atoms with Crippen LogP contribution in [-0.4, -0.2) is 31.6 Å². The summed E-state index contributed by atoms with van der Waals surface area (Å²) in [5.41, 5.74) is 0. The van der Waals surface area contributed by atoms with Crippen molar-refractivity contribution in [1.29, 1.82) is 0 Å². The van der Waals surface area contributed by atoms with Crippen molar-refractivity contribution in [3.63, 3.8) is 0 Å². The Balaban J connectivity index is 2.18. The van der Waals surface area contributed by atoms with E-state index in [1.54, 1.807) is 11.3 Å². The molecule has 0 aliphatic rings. The zero-order valence-corrected chi connectivity index (χ0v) is 11.0. The summed E-state index contributed by atoms with van der Waals surface area (Å²) in [6.45, 7) is 6.35. The average molecular weight is 247 g/mol. The molecule has 0 aliphatic heterocycles. The summed E-state index contributed by atoms with van der Waals surface area (Å²) in [5, 5.41) is 6.33. The lowest BCUT2D eigenvalue weighted by molar-refractivity contribution is 0.327. The zero-order chi connectivity index (χ0) is 11.1. The third-order valence-electron chi connectivity index (χ3n) is 2.20. The van der Waals surface area contributed by atoms with Crippen LogP contribution in [0.15, 0.2) is 11.4 Å². The van der Waals surface area contributed by atoms with E-state index in [2.05, 4.69) is 24.2 Å². The minimum atomic E-state index is 0.897. The second-order valence-electron chi connectivity index (χ2n) is 3.68. The molecule has 0 atom stereocenters. The van der Waals surface area contributed by atoms with Gasteiger partial charge in [0.2, 0.25) is 0 Å². The van der Waals surface area contributed by atoms with Gasteiger partial charge in [-0.25, -0.2) is 0 Å². The largest absolute Gasteiger partial charge is 0.315 e. The summed E-state index contributed by atoms with van der Waals surface area (Å²) < 4.78 is 0. The van der Waals surface area contributed by atoms with Crippen molar-refractivity contribution in [2.45, 2.75) is 19.9 Å². The highest BCUT2D eigenvalue weighted by atomic mass is 35.5. The maximum atomic E-state index is 6.04. The fourth-order valence-corrected chi connectivity index (χ4v) is 2.51. The normalized spacial score (nSPS) is 11.2. The monoisotopic (exact) mass is 246 g/mol. The second-order valence-corrected chi connectivity index (χ2v) is 5.09. The van der Waals surface area contributed by atoms with Gasteiger partial charge in [0, 0.05) is 24.5 Å². The molecule has 0 saturated heterocycles. The molecule has 0 aromatic carbocycles. The van der Waals surface area contributed by atoms with Gasteiger partial charge < -0.3 is 5.32 Å². The number of nitrogens with one attached hydrogen (secondary N) is 1. The summed E-state index contributed by atoms with van der Waals surface area (Å²) in [4.78, 5) is 3.55. The van der Waals surface area contributed by atoms with Crippen LogP contribution in [0.1, 0.15) is 18.2 Å². The van der Waals surface area contributed by atoms with Crippen LogP contribution in [0.25, 0.3) is 0 Å². The topological polar surface area (TPSA) is 15.3 Å². The Hall–Kier alpha value is -0.0900. The van der Waals surface area contributed by atoms with E-state index in [1.165, 1.54) is 11.3 Å². The molecule has 1 rings (SSSR count). The third-order valence-corrected chi connectivity index (χ3v) is 3.57. The Morgan fingerprint density at radius 1 is 1.47 bits per heavy atom. The summed E-state index contributed by atoms with van der Waals surface area (Å²) in [7, 11) is 2.13. The lowest BCUT2D eigenvalue weighted by Crippen LogP contribution is -2.29. The van der Waals surface area contributed by atoms with E-state index in [4.69, 9.17) is 11.6 Å². The predicted molar refractivity (Wildman–Crippen MR) is 68.8 cm³/mol. The van der Waals surface area contributed by atoms with Gasteiger partial charge >= 0.3 is 0 Å². The Morgan fingerprint density at radius 2 is 2.27 bits per heavy atom. The van der Waals surface area contributed by atoms with Crippen LogP contribution < -0.4 is 5.32 Å². The van der Waals surface area contributed by atoms with Crippen LogP contribution >= 0.6 is 22.9 Å². The summed E-state index contributed by atoms with van der Waals surface area (Å²) >= 11 is 7.76. The lowest BCUT2D eigenvalue weighted by atomic mass is 10.4. The van der Waals surface area contributed by atoms with Crippen LogP contribution in [0.2, 0.25) is 5.02 Å². The first-order chi connectivity index (χ1) is 7.24. The van der Waals surface area contributed by atoms with E-state index in [-0.39, 0.29) is 0 Å². The van der Waals surface area contributed by atoms with Crippen molar-refractivity contribution < 1.29 is 0 Å². The van der Waals surface area contributed by atoms with Gasteiger partial charge in [-0.3, -0.25) is 4.90 Å². The summed E-state index contributed by atoms with van der Waals surface area (Å²) in [6, 6.07) is 1.96. The van der Waals surface area contributed by atoms with Crippen LogP contribution in [0.5, 0.6) is 0 Å². The molecule has 1 heterocycles. The number of halogens is 1. The molecule has 15 heavy (non-hydrogen) atoms. The van der Waals surface area contributed by atoms with Gasteiger partial charge in [0.1, 0.15) is 0 Å². The molecule has 2 nitrogen and oxygen atoms in total. The molecule has 1 aromatic rings. The van der Waals surface area contributed by atoms with Crippen LogP contribution in [-0.2, 0) is 6.54 Å². The lowest BCUT2D eigenvalue weighted by Gasteiger charge is -2.16. The van der Waals surface area contributed by atoms with Gasteiger partial charge in [0.25, 0.3) is 0 Å². The number of thiophene rings is 1. The third kappa shape index (κ3) is 4.98. The van der Waals surface area contributed by atoms with E-state index in [0.717, 1.165) is 31.2 Å². The molecule has 0 radical (unpaired) electrons.